The second-order valence-electron chi connectivity index (χ2n) is 8.03. The van der Waals surface area contributed by atoms with Crippen molar-refractivity contribution in [1.82, 2.24) is 0 Å². The molecule has 0 spiro atoms. The molecule has 0 atom stereocenters. The predicted molar refractivity (Wildman–Crippen MR) is 144 cm³/mol. The highest BCUT2D eigenvalue weighted by Crippen LogP contribution is 2.37. The Balaban J connectivity index is 1.76. The van der Waals surface area contributed by atoms with Gasteiger partial charge in [-0.25, -0.2) is 4.39 Å². The lowest BCUT2D eigenvalue weighted by Gasteiger charge is -2.15. The van der Waals surface area contributed by atoms with E-state index in [1.807, 2.05) is 38.1 Å². The first-order chi connectivity index (χ1) is 17.7. The second-order valence-corrected chi connectivity index (χ2v) is 8.88. The quantitative estimate of drug-likeness (QED) is 0.239. The number of halogens is 2. The molecule has 0 aliphatic heterocycles. The van der Waals surface area contributed by atoms with E-state index in [0.717, 1.165) is 11.1 Å². The number of hydrogen-bond acceptors (Lipinski definition) is 5. The van der Waals surface area contributed by atoms with Gasteiger partial charge < -0.3 is 20.1 Å². The van der Waals surface area contributed by atoms with Crippen LogP contribution in [0.3, 0.4) is 0 Å². The van der Waals surface area contributed by atoms with Gasteiger partial charge in [0.05, 0.1) is 11.1 Å². The van der Waals surface area contributed by atoms with Gasteiger partial charge in [0.25, 0.3) is 11.8 Å². The fourth-order valence-electron chi connectivity index (χ4n) is 3.28. The molecule has 0 heterocycles. The summed E-state index contributed by atoms with van der Waals surface area (Å²) in [4.78, 5) is 25.0. The number of anilines is 2. The van der Waals surface area contributed by atoms with E-state index in [-0.39, 0.29) is 18.1 Å². The SMILES string of the molecule is CCOc1cc(/C=C(\C#N)C(=O)Nc2ccc(F)cc2)cc(Br)c1OCC(=O)Nc1ccc(C)c(C)c1. The molecule has 7 nitrogen and oxygen atoms in total. The van der Waals surface area contributed by atoms with Gasteiger partial charge in [0.1, 0.15) is 17.5 Å². The first-order valence-corrected chi connectivity index (χ1v) is 12.1. The fourth-order valence-corrected chi connectivity index (χ4v) is 3.85. The Morgan fingerprint density at radius 3 is 2.35 bits per heavy atom. The lowest BCUT2D eigenvalue weighted by atomic mass is 10.1. The molecule has 9 heteroatoms. The summed E-state index contributed by atoms with van der Waals surface area (Å²) in [7, 11) is 0. The smallest absolute Gasteiger partial charge is 0.266 e. The van der Waals surface area contributed by atoms with Crippen LogP contribution in [0.1, 0.15) is 23.6 Å². The first-order valence-electron chi connectivity index (χ1n) is 11.3. The lowest BCUT2D eigenvalue weighted by molar-refractivity contribution is -0.118. The summed E-state index contributed by atoms with van der Waals surface area (Å²) in [6, 6.07) is 16.0. The molecule has 190 valence electrons. The second kappa shape index (κ2) is 12.7. The van der Waals surface area contributed by atoms with Gasteiger partial charge in [-0.05, 0) is 108 Å². The number of carbonyl (C=O) groups excluding carboxylic acids is 2. The number of nitrogens with one attached hydrogen (secondary N) is 2. The minimum atomic E-state index is -0.647. The molecule has 3 aromatic carbocycles. The maximum absolute atomic E-state index is 13.1. The van der Waals surface area contributed by atoms with Crippen molar-refractivity contribution in [1.29, 1.82) is 5.26 Å². The fraction of sp³-hybridized carbons (Fsp3) is 0.179. The van der Waals surface area contributed by atoms with Gasteiger partial charge in [0, 0.05) is 11.4 Å². The van der Waals surface area contributed by atoms with Gasteiger partial charge in [0.15, 0.2) is 18.1 Å². The largest absolute Gasteiger partial charge is 0.490 e. The van der Waals surface area contributed by atoms with Gasteiger partial charge in [-0.3, -0.25) is 9.59 Å². The van der Waals surface area contributed by atoms with Crippen LogP contribution in [0.4, 0.5) is 15.8 Å². The average Bonchev–Trinajstić information content (AvgIpc) is 2.85. The molecule has 0 aromatic heterocycles. The number of nitriles is 1. The zero-order chi connectivity index (χ0) is 26.9. The summed E-state index contributed by atoms with van der Waals surface area (Å²) >= 11 is 3.43. The molecule has 0 unspecified atom stereocenters. The molecule has 0 saturated carbocycles. The number of hydrogen-bond donors (Lipinski definition) is 2. The third-order valence-corrected chi connectivity index (χ3v) is 5.84. The zero-order valence-electron chi connectivity index (χ0n) is 20.5. The molecule has 0 fully saturated rings. The van der Waals surface area contributed by atoms with E-state index in [9.17, 15) is 19.2 Å². The minimum Gasteiger partial charge on any atom is -0.490 e. The summed E-state index contributed by atoms with van der Waals surface area (Å²) in [6.45, 7) is 5.81. The summed E-state index contributed by atoms with van der Waals surface area (Å²) < 4.78 is 25.0. The van der Waals surface area contributed by atoms with E-state index in [1.165, 1.54) is 30.3 Å². The van der Waals surface area contributed by atoms with Crippen molar-refractivity contribution >= 4 is 45.2 Å². The molecule has 3 rings (SSSR count). The van der Waals surface area contributed by atoms with Crippen molar-refractivity contribution in [2.75, 3.05) is 23.8 Å². The van der Waals surface area contributed by atoms with Crippen molar-refractivity contribution in [3.05, 3.63) is 87.2 Å². The van der Waals surface area contributed by atoms with E-state index in [0.29, 0.717) is 39.5 Å². The highest BCUT2D eigenvalue weighted by molar-refractivity contribution is 9.10. The van der Waals surface area contributed by atoms with Gasteiger partial charge in [-0.1, -0.05) is 6.07 Å². The monoisotopic (exact) mass is 565 g/mol. The van der Waals surface area contributed by atoms with E-state index in [2.05, 4.69) is 26.6 Å². The highest BCUT2D eigenvalue weighted by Gasteiger charge is 2.16. The van der Waals surface area contributed by atoms with Gasteiger partial charge >= 0.3 is 0 Å². The van der Waals surface area contributed by atoms with Crippen LogP contribution in [0, 0.1) is 31.0 Å². The van der Waals surface area contributed by atoms with Crippen LogP contribution in [-0.4, -0.2) is 25.0 Å². The van der Waals surface area contributed by atoms with Crippen LogP contribution >= 0.6 is 15.9 Å². The summed E-state index contributed by atoms with van der Waals surface area (Å²) in [6.07, 6.45) is 1.39. The minimum absolute atomic E-state index is 0.167. The van der Waals surface area contributed by atoms with E-state index in [1.54, 1.807) is 19.1 Å². The predicted octanol–water partition coefficient (Wildman–Crippen LogP) is 6.17. The van der Waals surface area contributed by atoms with Crippen LogP contribution in [0.25, 0.3) is 6.08 Å². The molecule has 3 aromatic rings. The third-order valence-electron chi connectivity index (χ3n) is 5.25. The Hall–Kier alpha value is -4.16. The van der Waals surface area contributed by atoms with Crippen LogP contribution in [-0.2, 0) is 9.59 Å². The number of ether oxygens (including phenoxy) is 2. The lowest BCUT2D eigenvalue weighted by Crippen LogP contribution is -2.20. The van der Waals surface area contributed by atoms with Crippen LogP contribution < -0.4 is 20.1 Å². The number of nitrogens with zero attached hydrogens (tertiary/aromatic N) is 1. The maximum Gasteiger partial charge on any atom is 0.266 e. The molecule has 37 heavy (non-hydrogen) atoms. The molecule has 0 radical (unpaired) electrons. The molecule has 0 aliphatic carbocycles. The molecule has 0 aliphatic rings. The molecular weight excluding hydrogens is 541 g/mol. The topological polar surface area (TPSA) is 100 Å². The zero-order valence-corrected chi connectivity index (χ0v) is 22.1. The standard InChI is InChI=1S/C28H25BrFN3O4/c1-4-36-25-14-19(12-20(15-31)28(35)33-22-9-6-21(30)7-10-22)13-24(29)27(25)37-16-26(34)32-23-8-5-17(2)18(3)11-23/h5-14H,4,16H2,1-3H3,(H,32,34)(H,33,35)/b20-12+. The summed E-state index contributed by atoms with van der Waals surface area (Å²) in [5, 5.41) is 14.9. The molecule has 0 bridgehead atoms. The number of carbonyl (C=O) groups is 2. The molecule has 0 saturated heterocycles. The highest BCUT2D eigenvalue weighted by atomic mass is 79.9. The first kappa shape index (κ1) is 27.4. The average molecular weight is 566 g/mol. The Kier molecular flexibility index (Phi) is 9.41. The van der Waals surface area contributed by atoms with Crippen molar-refractivity contribution in [3.63, 3.8) is 0 Å². The van der Waals surface area contributed by atoms with Crippen LogP contribution in [0.5, 0.6) is 11.5 Å². The Labute approximate surface area is 223 Å². The molecule has 2 amide bonds. The maximum atomic E-state index is 13.1. The Bertz CT molecular complexity index is 1380. The van der Waals surface area contributed by atoms with Gasteiger partial charge in [-0.2, -0.15) is 5.26 Å². The van der Waals surface area contributed by atoms with E-state index < -0.39 is 11.7 Å². The summed E-state index contributed by atoms with van der Waals surface area (Å²) in [5.41, 5.74) is 3.54. The van der Waals surface area contributed by atoms with Gasteiger partial charge in [0.2, 0.25) is 0 Å². The molecule has 2 N–H and O–H groups in total. The van der Waals surface area contributed by atoms with E-state index in [4.69, 9.17) is 9.47 Å². The Morgan fingerprint density at radius 2 is 1.70 bits per heavy atom. The van der Waals surface area contributed by atoms with Crippen LogP contribution in [0.15, 0.2) is 64.6 Å². The van der Waals surface area contributed by atoms with Crippen molar-refractivity contribution in [3.8, 4) is 17.6 Å². The Morgan fingerprint density at radius 1 is 1.00 bits per heavy atom. The molecular formula is C28H25BrFN3O4. The van der Waals surface area contributed by atoms with Crippen molar-refractivity contribution < 1.29 is 23.5 Å². The number of aryl methyl sites for hydroxylation is 2. The van der Waals surface area contributed by atoms with Gasteiger partial charge in [-0.15, -0.1) is 0 Å². The van der Waals surface area contributed by atoms with E-state index >= 15 is 0 Å². The summed E-state index contributed by atoms with van der Waals surface area (Å²) in [5.74, 6) is -0.786. The van der Waals surface area contributed by atoms with Crippen molar-refractivity contribution in [2.45, 2.75) is 20.8 Å². The number of amides is 2. The van der Waals surface area contributed by atoms with Crippen LogP contribution in [0.2, 0.25) is 0 Å². The third kappa shape index (κ3) is 7.66. The normalized spacial score (nSPS) is 10.9. The number of rotatable bonds is 9. The van der Waals surface area contributed by atoms with Crippen molar-refractivity contribution in [2.24, 2.45) is 0 Å². The number of benzene rings is 3.